The normalized spacial score (nSPS) is 12.1. The van der Waals surface area contributed by atoms with Gasteiger partial charge in [0, 0.05) is 17.2 Å². The topological polar surface area (TPSA) is 94.1 Å². The molecule has 0 radical (unpaired) electrons. The van der Waals surface area contributed by atoms with Gasteiger partial charge in [-0.1, -0.05) is 78.8 Å². The van der Waals surface area contributed by atoms with Crippen LogP contribution in [0.15, 0.2) is 69.7 Å². The van der Waals surface area contributed by atoms with Gasteiger partial charge in [0.2, 0.25) is 11.7 Å². The summed E-state index contributed by atoms with van der Waals surface area (Å²) in [7, 11) is 0. The standard InChI is InChI=1S/C23H22N4O3/c1-14(2)20(23-25-21(27-30-23)16-10-5-4-6-11-16)24-22(28)18-13-19(29-26-18)17-12-8-7-9-15(17)3/h4-14,20H,1-3H3,(H,24,28)/t20-/m0/s1. The molecule has 0 bridgehead atoms. The van der Waals surface area contributed by atoms with E-state index >= 15 is 0 Å². The lowest BCUT2D eigenvalue weighted by Gasteiger charge is -2.17. The van der Waals surface area contributed by atoms with E-state index in [1.54, 1.807) is 6.07 Å². The number of benzene rings is 2. The molecule has 0 saturated heterocycles. The number of nitrogens with zero attached hydrogens (tertiary/aromatic N) is 3. The Labute approximate surface area is 174 Å². The van der Waals surface area contributed by atoms with Crippen LogP contribution in [0.4, 0.5) is 0 Å². The molecule has 30 heavy (non-hydrogen) atoms. The zero-order valence-corrected chi connectivity index (χ0v) is 17.0. The lowest BCUT2D eigenvalue weighted by molar-refractivity contribution is 0.0904. The Bertz CT molecular complexity index is 1150. The molecule has 0 spiro atoms. The molecule has 2 aromatic heterocycles. The van der Waals surface area contributed by atoms with Gasteiger partial charge in [-0.25, -0.2) is 0 Å². The van der Waals surface area contributed by atoms with Gasteiger partial charge in [0.1, 0.15) is 6.04 Å². The summed E-state index contributed by atoms with van der Waals surface area (Å²) in [5.41, 5.74) is 2.98. The van der Waals surface area contributed by atoms with E-state index in [2.05, 4.69) is 20.6 Å². The summed E-state index contributed by atoms with van der Waals surface area (Å²) in [5, 5.41) is 10.9. The molecule has 0 unspecified atom stereocenters. The van der Waals surface area contributed by atoms with Gasteiger partial charge in [0.05, 0.1) is 0 Å². The van der Waals surface area contributed by atoms with Crippen molar-refractivity contribution in [1.29, 1.82) is 0 Å². The third kappa shape index (κ3) is 4.00. The molecule has 2 aromatic carbocycles. The maximum atomic E-state index is 12.8. The minimum atomic E-state index is -0.457. The van der Waals surface area contributed by atoms with Gasteiger partial charge in [-0.2, -0.15) is 4.98 Å². The van der Waals surface area contributed by atoms with Crippen molar-refractivity contribution in [2.45, 2.75) is 26.8 Å². The van der Waals surface area contributed by atoms with Crippen LogP contribution >= 0.6 is 0 Å². The van der Waals surface area contributed by atoms with Crippen molar-refractivity contribution in [3.05, 3.63) is 77.8 Å². The van der Waals surface area contributed by atoms with Crippen LogP contribution in [0.3, 0.4) is 0 Å². The Balaban J connectivity index is 1.54. The highest BCUT2D eigenvalue weighted by molar-refractivity contribution is 5.93. The summed E-state index contributed by atoms with van der Waals surface area (Å²) in [5.74, 6) is 1.04. The molecule has 1 amide bonds. The Morgan fingerprint density at radius 1 is 0.967 bits per heavy atom. The van der Waals surface area contributed by atoms with Crippen molar-refractivity contribution >= 4 is 5.91 Å². The van der Waals surface area contributed by atoms with Crippen molar-refractivity contribution in [3.8, 4) is 22.7 Å². The summed E-state index contributed by atoms with van der Waals surface area (Å²) in [6, 6.07) is 18.5. The first-order valence-electron chi connectivity index (χ1n) is 9.75. The van der Waals surface area contributed by atoms with Crippen LogP contribution in [0.25, 0.3) is 22.7 Å². The van der Waals surface area contributed by atoms with Crippen LogP contribution in [-0.4, -0.2) is 21.2 Å². The lowest BCUT2D eigenvalue weighted by Crippen LogP contribution is -2.32. The molecule has 0 aliphatic carbocycles. The van der Waals surface area contributed by atoms with Crippen molar-refractivity contribution in [1.82, 2.24) is 20.6 Å². The quantitative estimate of drug-likeness (QED) is 0.497. The maximum absolute atomic E-state index is 12.8. The Hall–Kier alpha value is -3.74. The van der Waals surface area contributed by atoms with Gasteiger partial charge >= 0.3 is 0 Å². The summed E-state index contributed by atoms with van der Waals surface area (Å²) < 4.78 is 10.8. The second-order valence-corrected chi connectivity index (χ2v) is 7.41. The van der Waals surface area contributed by atoms with Gasteiger partial charge in [-0.15, -0.1) is 0 Å². The Morgan fingerprint density at radius 3 is 2.43 bits per heavy atom. The van der Waals surface area contributed by atoms with Gasteiger partial charge in [0.15, 0.2) is 11.5 Å². The highest BCUT2D eigenvalue weighted by Crippen LogP contribution is 2.26. The van der Waals surface area contributed by atoms with Gasteiger partial charge < -0.3 is 14.4 Å². The first-order chi connectivity index (χ1) is 14.5. The Kier molecular flexibility index (Phi) is 5.43. The van der Waals surface area contributed by atoms with Crippen LogP contribution in [0, 0.1) is 12.8 Å². The predicted molar refractivity (Wildman–Crippen MR) is 111 cm³/mol. The number of carbonyl (C=O) groups excluding carboxylic acids is 1. The number of amides is 1. The molecule has 0 aliphatic rings. The number of rotatable bonds is 6. The monoisotopic (exact) mass is 402 g/mol. The first kappa shape index (κ1) is 19.6. The van der Waals surface area contributed by atoms with Gasteiger partial charge in [0.25, 0.3) is 5.91 Å². The molecule has 0 fully saturated rings. The molecule has 7 nitrogen and oxygen atoms in total. The van der Waals surface area contributed by atoms with E-state index in [0.717, 1.165) is 16.7 Å². The van der Waals surface area contributed by atoms with Crippen LogP contribution in [0.5, 0.6) is 0 Å². The molecular weight excluding hydrogens is 380 g/mol. The van der Waals surface area contributed by atoms with Gasteiger partial charge in [-0.05, 0) is 18.4 Å². The summed E-state index contributed by atoms with van der Waals surface area (Å²) in [6.45, 7) is 5.92. The van der Waals surface area contributed by atoms with E-state index < -0.39 is 6.04 Å². The van der Waals surface area contributed by atoms with E-state index in [-0.39, 0.29) is 17.5 Å². The summed E-state index contributed by atoms with van der Waals surface area (Å²) in [6.07, 6.45) is 0. The van der Waals surface area contributed by atoms with Crippen molar-refractivity contribution in [2.24, 2.45) is 5.92 Å². The summed E-state index contributed by atoms with van der Waals surface area (Å²) >= 11 is 0. The second kappa shape index (κ2) is 8.32. The smallest absolute Gasteiger partial charge is 0.274 e. The van der Waals surface area contributed by atoms with Gasteiger partial charge in [-0.3, -0.25) is 4.79 Å². The number of aryl methyl sites for hydroxylation is 1. The molecular formula is C23H22N4O3. The fraction of sp³-hybridized carbons (Fsp3) is 0.217. The highest BCUT2D eigenvalue weighted by Gasteiger charge is 2.27. The van der Waals surface area contributed by atoms with Crippen molar-refractivity contribution in [2.75, 3.05) is 0 Å². The highest BCUT2D eigenvalue weighted by atomic mass is 16.5. The number of hydrogen-bond acceptors (Lipinski definition) is 6. The zero-order valence-electron chi connectivity index (χ0n) is 17.0. The SMILES string of the molecule is Cc1ccccc1-c1cc(C(=O)N[C@H](c2nc(-c3ccccc3)no2)C(C)C)no1. The summed E-state index contributed by atoms with van der Waals surface area (Å²) in [4.78, 5) is 17.3. The minimum absolute atomic E-state index is 0.0285. The van der Waals surface area contributed by atoms with E-state index in [9.17, 15) is 4.79 Å². The molecule has 1 N–H and O–H groups in total. The average Bonchev–Trinajstić information content (AvgIpc) is 3.43. The van der Waals surface area contributed by atoms with Crippen molar-refractivity contribution in [3.63, 3.8) is 0 Å². The Morgan fingerprint density at radius 2 is 1.70 bits per heavy atom. The molecule has 1 atom stereocenters. The third-order valence-corrected chi connectivity index (χ3v) is 4.85. The molecule has 4 aromatic rings. The molecule has 4 rings (SSSR count). The fourth-order valence-electron chi connectivity index (χ4n) is 3.15. The van der Waals surface area contributed by atoms with E-state index in [4.69, 9.17) is 9.05 Å². The van der Waals surface area contributed by atoms with Crippen molar-refractivity contribution < 1.29 is 13.8 Å². The first-order valence-corrected chi connectivity index (χ1v) is 9.75. The number of carbonyl (C=O) groups is 1. The fourth-order valence-corrected chi connectivity index (χ4v) is 3.15. The van der Waals surface area contributed by atoms with E-state index in [1.165, 1.54) is 0 Å². The van der Waals surface area contributed by atoms with E-state index in [0.29, 0.717) is 17.5 Å². The molecule has 7 heteroatoms. The third-order valence-electron chi connectivity index (χ3n) is 4.85. The lowest BCUT2D eigenvalue weighted by atomic mass is 10.0. The van der Waals surface area contributed by atoms with Crippen LogP contribution < -0.4 is 5.32 Å². The van der Waals surface area contributed by atoms with E-state index in [1.807, 2.05) is 75.4 Å². The average molecular weight is 402 g/mol. The number of aromatic nitrogens is 3. The zero-order chi connectivity index (χ0) is 21.1. The molecule has 152 valence electrons. The van der Waals surface area contributed by atoms with Crippen LogP contribution in [-0.2, 0) is 0 Å². The minimum Gasteiger partial charge on any atom is -0.355 e. The maximum Gasteiger partial charge on any atom is 0.274 e. The molecule has 0 aliphatic heterocycles. The number of nitrogens with one attached hydrogen (secondary N) is 1. The van der Waals surface area contributed by atoms with Crippen LogP contribution in [0.2, 0.25) is 0 Å². The predicted octanol–water partition coefficient (Wildman–Crippen LogP) is 4.83. The molecule has 0 saturated carbocycles. The largest absolute Gasteiger partial charge is 0.355 e. The number of hydrogen-bond donors (Lipinski definition) is 1. The second-order valence-electron chi connectivity index (χ2n) is 7.41. The molecule has 2 heterocycles. The van der Waals surface area contributed by atoms with Crippen LogP contribution in [0.1, 0.15) is 41.8 Å².